The molecule has 0 aliphatic heterocycles. The van der Waals surface area contributed by atoms with Gasteiger partial charge in [0.25, 0.3) is 0 Å². The SMILES string of the molecule is C#CC1(c2ccc(C)cc2F)CC1. The maximum atomic E-state index is 13.5. The van der Waals surface area contributed by atoms with Gasteiger partial charge in [-0.3, -0.25) is 0 Å². The number of benzene rings is 1. The van der Waals surface area contributed by atoms with Crippen LogP contribution in [-0.2, 0) is 5.41 Å². The van der Waals surface area contributed by atoms with Crippen molar-refractivity contribution in [2.24, 2.45) is 0 Å². The fourth-order valence-electron chi connectivity index (χ4n) is 1.62. The second-order valence-electron chi connectivity index (χ2n) is 3.71. The van der Waals surface area contributed by atoms with Crippen LogP contribution >= 0.6 is 0 Å². The molecular formula is C12H11F. The van der Waals surface area contributed by atoms with Crippen LogP contribution in [0.5, 0.6) is 0 Å². The lowest BCUT2D eigenvalue weighted by Gasteiger charge is -2.09. The van der Waals surface area contributed by atoms with Gasteiger partial charge in [-0.2, -0.15) is 0 Å². The largest absolute Gasteiger partial charge is 0.207 e. The first-order valence-electron chi connectivity index (χ1n) is 4.42. The fraction of sp³-hybridized carbons (Fsp3) is 0.333. The molecule has 1 saturated carbocycles. The molecule has 0 aromatic heterocycles. The predicted octanol–water partition coefficient (Wildman–Crippen LogP) is 2.80. The van der Waals surface area contributed by atoms with E-state index in [2.05, 4.69) is 5.92 Å². The maximum Gasteiger partial charge on any atom is 0.128 e. The van der Waals surface area contributed by atoms with Crippen molar-refractivity contribution in [2.45, 2.75) is 25.2 Å². The summed E-state index contributed by atoms with van der Waals surface area (Å²) < 4.78 is 13.5. The van der Waals surface area contributed by atoms with Crippen LogP contribution in [0.15, 0.2) is 18.2 Å². The summed E-state index contributed by atoms with van der Waals surface area (Å²) in [5.41, 5.74) is 1.35. The van der Waals surface area contributed by atoms with Crippen molar-refractivity contribution in [3.8, 4) is 12.3 Å². The van der Waals surface area contributed by atoms with Crippen LogP contribution in [0.4, 0.5) is 4.39 Å². The van der Waals surface area contributed by atoms with E-state index >= 15 is 0 Å². The standard InChI is InChI=1S/C12H11F/c1-3-12(6-7-12)10-5-4-9(2)8-11(10)13/h1,4-5,8H,6-7H2,2H3. The smallest absolute Gasteiger partial charge is 0.128 e. The first kappa shape index (κ1) is 8.31. The van der Waals surface area contributed by atoms with Crippen molar-refractivity contribution in [1.29, 1.82) is 0 Å². The zero-order valence-corrected chi connectivity index (χ0v) is 7.60. The van der Waals surface area contributed by atoms with Crippen LogP contribution in [0.1, 0.15) is 24.0 Å². The molecule has 1 aromatic rings. The van der Waals surface area contributed by atoms with Gasteiger partial charge >= 0.3 is 0 Å². The van der Waals surface area contributed by atoms with Crippen molar-refractivity contribution in [1.82, 2.24) is 0 Å². The highest BCUT2D eigenvalue weighted by Gasteiger charge is 2.44. The van der Waals surface area contributed by atoms with Crippen molar-refractivity contribution in [3.05, 3.63) is 35.1 Å². The van der Waals surface area contributed by atoms with Gasteiger partial charge in [-0.05, 0) is 31.4 Å². The summed E-state index contributed by atoms with van der Waals surface area (Å²) >= 11 is 0. The quantitative estimate of drug-likeness (QED) is 0.574. The number of rotatable bonds is 1. The third-order valence-electron chi connectivity index (χ3n) is 2.67. The van der Waals surface area contributed by atoms with Gasteiger partial charge in [0.05, 0.1) is 5.41 Å². The van der Waals surface area contributed by atoms with E-state index in [1.165, 1.54) is 0 Å². The molecule has 1 aliphatic rings. The highest BCUT2D eigenvalue weighted by atomic mass is 19.1. The fourth-order valence-corrected chi connectivity index (χ4v) is 1.62. The molecule has 0 nitrogen and oxygen atoms in total. The molecule has 0 amide bonds. The lowest BCUT2D eigenvalue weighted by molar-refractivity contribution is 0.599. The average Bonchev–Trinajstić information content (AvgIpc) is 2.85. The van der Waals surface area contributed by atoms with Crippen LogP contribution in [0.25, 0.3) is 0 Å². The van der Waals surface area contributed by atoms with Crippen LogP contribution in [0.2, 0.25) is 0 Å². The van der Waals surface area contributed by atoms with Crippen molar-refractivity contribution in [2.75, 3.05) is 0 Å². The van der Waals surface area contributed by atoms with Gasteiger partial charge in [0.1, 0.15) is 5.82 Å². The van der Waals surface area contributed by atoms with E-state index < -0.39 is 0 Å². The first-order chi connectivity index (χ1) is 6.18. The summed E-state index contributed by atoms with van der Waals surface area (Å²) in [4.78, 5) is 0. The van der Waals surface area contributed by atoms with Gasteiger partial charge in [-0.15, -0.1) is 6.42 Å². The van der Waals surface area contributed by atoms with Gasteiger partial charge in [0.15, 0.2) is 0 Å². The Labute approximate surface area is 77.8 Å². The summed E-state index contributed by atoms with van der Waals surface area (Å²) in [7, 11) is 0. The predicted molar refractivity (Wildman–Crippen MR) is 50.9 cm³/mol. The molecule has 0 spiro atoms. The average molecular weight is 174 g/mol. The monoisotopic (exact) mass is 174 g/mol. The molecule has 0 radical (unpaired) electrons. The van der Waals surface area contributed by atoms with Crippen LogP contribution in [0, 0.1) is 25.1 Å². The Hall–Kier alpha value is -1.29. The topological polar surface area (TPSA) is 0 Å². The lowest BCUT2D eigenvalue weighted by Crippen LogP contribution is -2.05. The summed E-state index contributed by atoms with van der Waals surface area (Å²) in [5, 5.41) is 0. The minimum atomic E-state index is -0.280. The third-order valence-corrected chi connectivity index (χ3v) is 2.67. The van der Waals surface area contributed by atoms with E-state index in [4.69, 9.17) is 6.42 Å². The molecule has 0 unspecified atom stereocenters. The maximum absolute atomic E-state index is 13.5. The van der Waals surface area contributed by atoms with Gasteiger partial charge < -0.3 is 0 Å². The number of aryl methyl sites for hydroxylation is 1. The Bertz CT molecular complexity index is 381. The molecule has 1 heteroatoms. The highest BCUT2D eigenvalue weighted by Crippen LogP contribution is 2.48. The Morgan fingerprint density at radius 1 is 1.46 bits per heavy atom. The number of hydrogen-bond donors (Lipinski definition) is 0. The second-order valence-corrected chi connectivity index (χ2v) is 3.71. The Morgan fingerprint density at radius 2 is 2.15 bits per heavy atom. The number of terminal acetylenes is 1. The minimum absolute atomic E-state index is 0.157. The number of halogens is 1. The lowest BCUT2D eigenvalue weighted by atomic mass is 9.95. The molecule has 1 aliphatic carbocycles. The van der Waals surface area contributed by atoms with Crippen molar-refractivity contribution >= 4 is 0 Å². The van der Waals surface area contributed by atoms with E-state index in [-0.39, 0.29) is 11.2 Å². The van der Waals surface area contributed by atoms with E-state index in [0.717, 1.165) is 18.4 Å². The molecule has 13 heavy (non-hydrogen) atoms. The molecule has 0 bridgehead atoms. The molecule has 2 rings (SSSR count). The van der Waals surface area contributed by atoms with Crippen molar-refractivity contribution < 1.29 is 4.39 Å². The van der Waals surface area contributed by atoms with Crippen LogP contribution < -0.4 is 0 Å². The molecule has 0 heterocycles. The zero-order valence-electron chi connectivity index (χ0n) is 7.60. The van der Waals surface area contributed by atoms with E-state index in [1.54, 1.807) is 6.07 Å². The van der Waals surface area contributed by atoms with Gasteiger partial charge in [-0.25, -0.2) is 4.39 Å². The second kappa shape index (κ2) is 2.60. The van der Waals surface area contributed by atoms with Crippen molar-refractivity contribution in [3.63, 3.8) is 0 Å². The molecule has 1 fully saturated rings. The van der Waals surface area contributed by atoms with Crippen LogP contribution in [0.3, 0.4) is 0 Å². The Morgan fingerprint density at radius 3 is 2.62 bits per heavy atom. The Kier molecular flexibility index (Phi) is 1.66. The van der Waals surface area contributed by atoms with E-state index in [0.29, 0.717) is 5.56 Å². The molecule has 1 aromatic carbocycles. The molecule has 0 atom stereocenters. The molecule has 0 N–H and O–H groups in total. The summed E-state index contributed by atoms with van der Waals surface area (Å²) in [5.74, 6) is 2.53. The van der Waals surface area contributed by atoms with E-state index in [1.807, 2.05) is 19.1 Å². The van der Waals surface area contributed by atoms with Crippen LogP contribution in [-0.4, -0.2) is 0 Å². The third kappa shape index (κ3) is 1.23. The zero-order chi connectivity index (χ0) is 9.47. The molecule has 66 valence electrons. The van der Waals surface area contributed by atoms with Gasteiger partial charge in [0, 0.05) is 5.56 Å². The summed E-state index contributed by atoms with van der Waals surface area (Å²) in [6.45, 7) is 1.88. The highest BCUT2D eigenvalue weighted by molar-refractivity contribution is 5.42. The molecular weight excluding hydrogens is 163 g/mol. The summed E-state index contributed by atoms with van der Waals surface area (Å²) in [6.07, 6.45) is 7.23. The summed E-state index contributed by atoms with van der Waals surface area (Å²) in [6, 6.07) is 5.28. The Balaban J connectivity index is 2.48. The van der Waals surface area contributed by atoms with Gasteiger partial charge in [0.2, 0.25) is 0 Å². The minimum Gasteiger partial charge on any atom is -0.207 e. The first-order valence-corrected chi connectivity index (χ1v) is 4.42. The number of hydrogen-bond acceptors (Lipinski definition) is 0. The van der Waals surface area contributed by atoms with Gasteiger partial charge in [-0.1, -0.05) is 18.1 Å². The molecule has 0 saturated heterocycles. The van der Waals surface area contributed by atoms with E-state index in [9.17, 15) is 4.39 Å². The normalized spacial score (nSPS) is 17.9.